The van der Waals surface area contributed by atoms with Crippen LogP contribution < -0.4 is 5.73 Å². The lowest BCUT2D eigenvalue weighted by atomic mass is 10.1. The van der Waals surface area contributed by atoms with Gasteiger partial charge >= 0.3 is 0 Å². The minimum Gasteiger partial charge on any atom is -0.330 e. The van der Waals surface area contributed by atoms with Gasteiger partial charge in [0.2, 0.25) is 0 Å². The van der Waals surface area contributed by atoms with Crippen LogP contribution in [0.4, 0.5) is 0 Å². The first-order valence-corrected chi connectivity index (χ1v) is 7.53. The number of nitrogens with two attached hydrogens (primary N) is 1. The van der Waals surface area contributed by atoms with Crippen molar-refractivity contribution in [3.63, 3.8) is 0 Å². The summed E-state index contributed by atoms with van der Waals surface area (Å²) in [4.78, 5) is 2.52. The number of hydrogen-bond acceptors (Lipinski definition) is 2. The monoisotopic (exact) mass is 321 g/mol. The zero-order valence-corrected chi connectivity index (χ0v) is 12.7. The second-order valence-corrected chi connectivity index (χ2v) is 6.25. The van der Waals surface area contributed by atoms with Crippen molar-refractivity contribution in [2.75, 3.05) is 6.54 Å². The molecule has 0 aliphatic carbocycles. The Kier molecular flexibility index (Phi) is 4.87. The highest BCUT2D eigenvalue weighted by Gasteiger charge is 2.02. The van der Waals surface area contributed by atoms with Gasteiger partial charge < -0.3 is 5.73 Å². The molecule has 0 heterocycles. The Balaban J connectivity index is 2.17. The molecule has 0 aliphatic rings. The van der Waals surface area contributed by atoms with Crippen molar-refractivity contribution in [2.45, 2.75) is 23.1 Å². The molecule has 0 aromatic heterocycles. The van der Waals surface area contributed by atoms with E-state index in [9.17, 15) is 0 Å². The maximum atomic E-state index is 5.60. The van der Waals surface area contributed by atoms with E-state index in [-0.39, 0.29) is 0 Å². The van der Waals surface area contributed by atoms with E-state index in [1.807, 2.05) is 6.07 Å². The molecule has 2 aromatic rings. The van der Waals surface area contributed by atoms with Crippen LogP contribution in [0.1, 0.15) is 11.1 Å². The molecule has 3 heteroatoms. The predicted octanol–water partition coefficient (Wildman–Crippen LogP) is 4.41. The summed E-state index contributed by atoms with van der Waals surface area (Å²) in [6, 6.07) is 14.9. The van der Waals surface area contributed by atoms with E-state index in [2.05, 4.69) is 59.3 Å². The van der Waals surface area contributed by atoms with Crippen LogP contribution in [-0.4, -0.2) is 6.54 Å². The van der Waals surface area contributed by atoms with Crippen molar-refractivity contribution >= 4 is 27.7 Å². The van der Waals surface area contributed by atoms with Gasteiger partial charge in [0, 0.05) is 14.3 Å². The highest BCUT2D eigenvalue weighted by Crippen LogP contribution is 2.30. The summed E-state index contributed by atoms with van der Waals surface area (Å²) in [6.07, 6.45) is 0.952. The molecule has 0 spiro atoms. The van der Waals surface area contributed by atoms with Crippen LogP contribution in [0.2, 0.25) is 0 Å². The van der Waals surface area contributed by atoms with Crippen molar-refractivity contribution in [3.8, 4) is 0 Å². The SMILES string of the molecule is Cc1cc(Sc2cccc(Br)c2)ccc1CCN. The van der Waals surface area contributed by atoms with Gasteiger partial charge in [0.15, 0.2) is 0 Å². The standard InChI is InChI=1S/C15H16BrNS/c1-11-9-15(6-5-12(11)7-8-17)18-14-4-2-3-13(16)10-14/h2-6,9-10H,7-8,17H2,1H3. The highest BCUT2D eigenvalue weighted by molar-refractivity contribution is 9.10. The van der Waals surface area contributed by atoms with Crippen LogP contribution in [0, 0.1) is 6.92 Å². The molecule has 1 nitrogen and oxygen atoms in total. The quantitative estimate of drug-likeness (QED) is 0.902. The van der Waals surface area contributed by atoms with Gasteiger partial charge in [-0.1, -0.05) is 39.8 Å². The van der Waals surface area contributed by atoms with Crippen LogP contribution in [-0.2, 0) is 6.42 Å². The van der Waals surface area contributed by atoms with Crippen LogP contribution >= 0.6 is 27.7 Å². The summed E-state index contributed by atoms with van der Waals surface area (Å²) in [5.74, 6) is 0. The Morgan fingerprint density at radius 1 is 1.11 bits per heavy atom. The van der Waals surface area contributed by atoms with Gasteiger partial charge in [0.1, 0.15) is 0 Å². The average molecular weight is 322 g/mol. The van der Waals surface area contributed by atoms with Gasteiger partial charge in [-0.15, -0.1) is 0 Å². The third-order valence-corrected chi connectivity index (χ3v) is 4.23. The van der Waals surface area contributed by atoms with Crippen molar-refractivity contribution in [1.82, 2.24) is 0 Å². The lowest BCUT2D eigenvalue weighted by molar-refractivity contribution is 0.954. The van der Waals surface area contributed by atoms with E-state index in [4.69, 9.17) is 5.73 Å². The van der Waals surface area contributed by atoms with E-state index in [1.54, 1.807) is 11.8 Å². The van der Waals surface area contributed by atoms with Crippen molar-refractivity contribution in [2.24, 2.45) is 5.73 Å². The number of benzene rings is 2. The summed E-state index contributed by atoms with van der Waals surface area (Å²) < 4.78 is 1.11. The Morgan fingerprint density at radius 3 is 2.56 bits per heavy atom. The fourth-order valence-electron chi connectivity index (χ4n) is 1.83. The molecule has 0 atom stereocenters. The first-order valence-electron chi connectivity index (χ1n) is 5.92. The molecule has 0 fully saturated rings. The van der Waals surface area contributed by atoms with E-state index in [1.165, 1.54) is 20.9 Å². The zero-order valence-electron chi connectivity index (χ0n) is 10.3. The normalized spacial score (nSPS) is 10.6. The molecular weight excluding hydrogens is 306 g/mol. The van der Waals surface area contributed by atoms with Crippen LogP contribution in [0.5, 0.6) is 0 Å². The molecular formula is C15H16BrNS. The fourth-order valence-corrected chi connectivity index (χ4v) is 3.36. The lowest BCUT2D eigenvalue weighted by Crippen LogP contribution is -2.03. The molecule has 94 valence electrons. The molecule has 0 saturated heterocycles. The second kappa shape index (κ2) is 6.41. The number of rotatable bonds is 4. The third-order valence-electron chi connectivity index (χ3n) is 2.76. The average Bonchev–Trinajstić information content (AvgIpc) is 2.33. The molecule has 0 unspecified atom stereocenters. The second-order valence-electron chi connectivity index (χ2n) is 4.19. The Hall–Kier alpha value is -0.770. The molecule has 2 rings (SSSR count). The Labute approximate surface area is 121 Å². The molecule has 2 aromatic carbocycles. The summed E-state index contributed by atoms with van der Waals surface area (Å²) in [7, 11) is 0. The third kappa shape index (κ3) is 3.61. The number of aryl methyl sites for hydroxylation is 1. The largest absolute Gasteiger partial charge is 0.330 e. The fraction of sp³-hybridized carbons (Fsp3) is 0.200. The first kappa shape index (κ1) is 13.7. The molecule has 2 N–H and O–H groups in total. The van der Waals surface area contributed by atoms with Crippen LogP contribution in [0.25, 0.3) is 0 Å². The van der Waals surface area contributed by atoms with E-state index < -0.39 is 0 Å². The van der Waals surface area contributed by atoms with Gasteiger partial charge in [0.25, 0.3) is 0 Å². The van der Waals surface area contributed by atoms with Gasteiger partial charge in [0.05, 0.1) is 0 Å². The van der Waals surface area contributed by atoms with Crippen LogP contribution in [0.3, 0.4) is 0 Å². The van der Waals surface area contributed by atoms with Gasteiger partial charge in [-0.3, -0.25) is 0 Å². The molecule has 0 radical (unpaired) electrons. The maximum Gasteiger partial charge on any atom is 0.0186 e. The first-order chi connectivity index (χ1) is 8.69. The zero-order chi connectivity index (χ0) is 13.0. The van der Waals surface area contributed by atoms with Gasteiger partial charge in [-0.25, -0.2) is 0 Å². The molecule has 0 saturated carbocycles. The minimum atomic E-state index is 0.707. The summed E-state index contributed by atoms with van der Waals surface area (Å²) >= 11 is 5.28. The molecule has 0 bridgehead atoms. The Morgan fingerprint density at radius 2 is 1.89 bits per heavy atom. The molecule has 0 aliphatic heterocycles. The Bertz CT molecular complexity index is 540. The summed E-state index contributed by atoms with van der Waals surface area (Å²) in [5.41, 5.74) is 8.26. The van der Waals surface area contributed by atoms with Crippen molar-refractivity contribution < 1.29 is 0 Å². The smallest absolute Gasteiger partial charge is 0.0186 e. The van der Waals surface area contributed by atoms with Crippen molar-refractivity contribution in [3.05, 3.63) is 58.1 Å². The minimum absolute atomic E-state index is 0.707. The van der Waals surface area contributed by atoms with E-state index in [0.717, 1.165) is 10.9 Å². The number of hydrogen-bond donors (Lipinski definition) is 1. The van der Waals surface area contributed by atoms with E-state index >= 15 is 0 Å². The topological polar surface area (TPSA) is 26.0 Å². The molecule has 18 heavy (non-hydrogen) atoms. The van der Waals surface area contributed by atoms with Gasteiger partial charge in [-0.05, 0) is 61.3 Å². The highest BCUT2D eigenvalue weighted by atomic mass is 79.9. The van der Waals surface area contributed by atoms with Crippen LogP contribution in [0.15, 0.2) is 56.7 Å². The number of halogens is 1. The summed E-state index contributed by atoms with van der Waals surface area (Å²) in [6.45, 7) is 2.86. The van der Waals surface area contributed by atoms with Gasteiger partial charge in [-0.2, -0.15) is 0 Å². The van der Waals surface area contributed by atoms with E-state index in [0.29, 0.717) is 6.54 Å². The lowest BCUT2D eigenvalue weighted by Gasteiger charge is -2.07. The maximum absolute atomic E-state index is 5.60. The molecule has 0 amide bonds. The van der Waals surface area contributed by atoms with Crippen molar-refractivity contribution in [1.29, 1.82) is 0 Å². The summed E-state index contributed by atoms with van der Waals surface area (Å²) in [5, 5.41) is 0. The predicted molar refractivity (Wildman–Crippen MR) is 82.2 cm³/mol.